The zero-order valence-electron chi connectivity index (χ0n) is 16.8. The highest BCUT2D eigenvalue weighted by atomic mass is 35.5. The standard InChI is InChI=1S/C21H21ClN2O6S/c1-21(13-14-4-2-3-5-16(14)19(25)30-21)20(26)23-15-6-7-17(22)18(12-15)31(27,28)24-8-10-29-11-9-24/h2-7,12H,8-11,13H2,1H3,(H,23,26)/t21-/m0/s1. The van der Waals surface area contributed by atoms with Crippen molar-refractivity contribution in [3.05, 3.63) is 58.6 Å². The maximum absolute atomic E-state index is 13.0. The van der Waals surface area contributed by atoms with Crippen LogP contribution >= 0.6 is 11.6 Å². The van der Waals surface area contributed by atoms with Gasteiger partial charge in [0.05, 0.1) is 23.8 Å². The fraction of sp³-hybridized carbons (Fsp3) is 0.333. The van der Waals surface area contributed by atoms with Gasteiger partial charge in [-0.1, -0.05) is 29.8 Å². The summed E-state index contributed by atoms with van der Waals surface area (Å²) in [4.78, 5) is 25.2. The number of morpholine rings is 1. The molecule has 164 valence electrons. The van der Waals surface area contributed by atoms with Crippen LogP contribution < -0.4 is 5.32 Å². The quantitative estimate of drug-likeness (QED) is 0.697. The lowest BCUT2D eigenvalue weighted by molar-refractivity contribution is -0.134. The Morgan fingerprint density at radius 2 is 1.87 bits per heavy atom. The fourth-order valence-corrected chi connectivity index (χ4v) is 5.54. The molecule has 1 N–H and O–H groups in total. The highest BCUT2D eigenvalue weighted by Gasteiger charge is 2.42. The highest BCUT2D eigenvalue weighted by molar-refractivity contribution is 7.89. The van der Waals surface area contributed by atoms with Crippen molar-refractivity contribution < 1.29 is 27.5 Å². The Morgan fingerprint density at radius 3 is 2.61 bits per heavy atom. The number of nitrogens with one attached hydrogen (secondary N) is 1. The Kier molecular flexibility index (Phi) is 5.78. The van der Waals surface area contributed by atoms with E-state index in [9.17, 15) is 18.0 Å². The monoisotopic (exact) mass is 464 g/mol. The second-order valence-electron chi connectivity index (χ2n) is 7.57. The number of benzene rings is 2. The summed E-state index contributed by atoms with van der Waals surface area (Å²) < 4.78 is 37.9. The van der Waals surface area contributed by atoms with Crippen LogP contribution in [-0.4, -0.2) is 56.5 Å². The van der Waals surface area contributed by atoms with Crippen molar-refractivity contribution in [2.75, 3.05) is 31.6 Å². The number of anilines is 1. The molecule has 0 aliphatic carbocycles. The summed E-state index contributed by atoms with van der Waals surface area (Å²) in [7, 11) is -3.86. The summed E-state index contributed by atoms with van der Waals surface area (Å²) in [5.74, 6) is -1.14. The molecule has 0 spiro atoms. The molecule has 0 bridgehead atoms. The lowest BCUT2D eigenvalue weighted by Gasteiger charge is -2.33. The first-order valence-corrected chi connectivity index (χ1v) is 11.5. The van der Waals surface area contributed by atoms with E-state index in [0.717, 1.165) is 0 Å². The molecule has 0 unspecified atom stereocenters. The van der Waals surface area contributed by atoms with Crippen LogP contribution in [0.1, 0.15) is 22.8 Å². The van der Waals surface area contributed by atoms with E-state index in [1.165, 1.54) is 29.4 Å². The first-order chi connectivity index (χ1) is 14.7. The molecule has 2 aromatic rings. The van der Waals surface area contributed by atoms with Crippen LogP contribution in [0.4, 0.5) is 5.69 Å². The fourth-order valence-electron chi connectivity index (χ4n) is 3.63. The van der Waals surface area contributed by atoms with E-state index in [4.69, 9.17) is 21.1 Å². The molecule has 0 saturated carbocycles. The Morgan fingerprint density at radius 1 is 1.16 bits per heavy atom. The van der Waals surface area contributed by atoms with E-state index in [1.807, 2.05) is 0 Å². The predicted molar refractivity (Wildman–Crippen MR) is 114 cm³/mol. The number of ether oxygens (including phenoxy) is 2. The average molecular weight is 465 g/mol. The molecule has 4 rings (SSSR count). The number of nitrogens with zero attached hydrogens (tertiary/aromatic N) is 1. The predicted octanol–water partition coefficient (Wildman–Crippen LogP) is 2.47. The maximum atomic E-state index is 13.0. The summed E-state index contributed by atoms with van der Waals surface area (Å²) in [6, 6.07) is 11.2. The molecule has 1 saturated heterocycles. The number of cyclic esters (lactones) is 1. The minimum Gasteiger partial charge on any atom is -0.445 e. The zero-order valence-corrected chi connectivity index (χ0v) is 18.3. The normalized spacial score (nSPS) is 21.8. The molecular formula is C21H21ClN2O6S. The smallest absolute Gasteiger partial charge is 0.339 e. The van der Waals surface area contributed by atoms with E-state index in [0.29, 0.717) is 24.3 Å². The Bertz CT molecular complexity index is 1150. The number of esters is 1. The van der Waals surface area contributed by atoms with E-state index in [1.54, 1.807) is 24.3 Å². The molecule has 2 aliphatic rings. The maximum Gasteiger partial charge on any atom is 0.339 e. The van der Waals surface area contributed by atoms with Crippen molar-refractivity contribution in [3.8, 4) is 0 Å². The van der Waals surface area contributed by atoms with Crippen LogP contribution in [0, 0.1) is 0 Å². The molecule has 2 aliphatic heterocycles. The van der Waals surface area contributed by atoms with Gasteiger partial charge in [0.2, 0.25) is 10.0 Å². The third-order valence-electron chi connectivity index (χ3n) is 5.34. The van der Waals surface area contributed by atoms with Gasteiger partial charge in [-0.15, -0.1) is 0 Å². The van der Waals surface area contributed by atoms with Crippen LogP contribution in [0.25, 0.3) is 0 Å². The molecule has 1 fully saturated rings. The van der Waals surface area contributed by atoms with Crippen LogP contribution in [-0.2, 0) is 30.7 Å². The molecule has 2 heterocycles. The van der Waals surface area contributed by atoms with Gasteiger partial charge in [-0.25, -0.2) is 13.2 Å². The van der Waals surface area contributed by atoms with Gasteiger partial charge in [-0.2, -0.15) is 4.31 Å². The summed E-state index contributed by atoms with van der Waals surface area (Å²) >= 11 is 6.17. The van der Waals surface area contributed by atoms with Gasteiger partial charge < -0.3 is 14.8 Å². The topological polar surface area (TPSA) is 102 Å². The van der Waals surface area contributed by atoms with Crippen molar-refractivity contribution in [2.24, 2.45) is 0 Å². The van der Waals surface area contributed by atoms with Gasteiger partial charge in [0.25, 0.3) is 5.91 Å². The summed E-state index contributed by atoms with van der Waals surface area (Å²) in [5, 5.41) is 2.71. The van der Waals surface area contributed by atoms with Crippen molar-refractivity contribution in [2.45, 2.75) is 23.8 Å². The lowest BCUT2D eigenvalue weighted by atomic mass is 9.89. The van der Waals surface area contributed by atoms with Gasteiger partial charge in [0.1, 0.15) is 4.90 Å². The van der Waals surface area contributed by atoms with Crippen molar-refractivity contribution in [3.63, 3.8) is 0 Å². The third-order valence-corrected chi connectivity index (χ3v) is 7.72. The van der Waals surface area contributed by atoms with Crippen LogP contribution in [0.3, 0.4) is 0 Å². The van der Waals surface area contributed by atoms with Gasteiger partial charge >= 0.3 is 5.97 Å². The van der Waals surface area contributed by atoms with E-state index >= 15 is 0 Å². The first kappa shape index (κ1) is 21.8. The number of carbonyl (C=O) groups is 2. The number of fused-ring (bicyclic) bond motifs is 1. The van der Waals surface area contributed by atoms with Crippen LogP contribution in [0.5, 0.6) is 0 Å². The minimum atomic E-state index is -3.86. The number of carbonyl (C=O) groups excluding carboxylic acids is 2. The number of amides is 1. The third kappa shape index (κ3) is 4.18. The highest BCUT2D eigenvalue weighted by Crippen LogP contribution is 2.31. The second kappa shape index (κ2) is 8.23. The van der Waals surface area contributed by atoms with Gasteiger partial charge in [0, 0.05) is 25.2 Å². The molecule has 10 heteroatoms. The average Bonchev–Trinajstić information content (AvgIpc) is 2.75. The van der Waals surface area contributed by atoms with Crippen LogP contribution in [0.15, 0.2) is 47.4 Å². The van der Waals surface area contributed by atoms with Gasteiger partial charge in [-0.3, -0.25) is 4.79 Å². The lowest BCUT2D eigenvalue weighted by Crippen LogP contribution is -2.48. The van der Waals surface area contributed by atoms with Crippen molar-refractivity contribution >= 4 is 39.2 Å². The Labute approximate surface area is 185 Å². The SMILES string of the molecule is C[C@@]1(C(=O)Nc2ccc(Cl)c(S(=O)(=O)N3CCOCC3)c2)Cc2ccccc2C(=O)O1. The molecule has 1 atom stereocenters. The second-order valence-corrected chi connectivity index (χ2v) is 9.88. The van der Waals surface area contributed by atoms with Gasteiger partial charge in [0.15, 0.2) is 5.60 Å². The van der Waals surface area contributed by atoms with Gasteiger partial charge in [-0.05, 0) is 36.8 Å². The molecule has 2 aromatic carbocycles. The number of hydrogen-bond acceptors (Lipinski definition) is 6. The molecule has 31 heavy (non-hydrogen) atoms. The number of rotatable bonds is 4. The minimum absolute atomic E-state index is 0.0497. The number of sulfonamides is 1. The van der Waals surface area contributed by atoms with E-state index in [-0.39, 0.29) is 35.1 Å². The van der Waals surface area contributed by atoms with Crippen LogP contribution in [0.2, 0.25) is 5.02 Å². The molecule has 1 amide bonds. The van der Waals surface area contributed by atoms with E-state index < -0.39 is 27.5 Å². The Balaban J connectivity index is 1.58. The molecular weight excluding hydrogens is 444 g/mol. The molecule has 0 aromatic heterocycles. The summed E-state index contributed by atoms with van der Waals surface area (Å²) in [6.45, 7) is 2.58. The zero-order chi connectivity index (χ0) is 22.2. The summed E-state index contributed by atoms with van der Waals surface area (Å²) in [5.41, 5.74) is -0.0625. The largest absolute Gasteiger partial charge is 0.445 e. The van der Waals surface area contributed by atoms with Crippen molar-refractivity contribution in [1.82, 2.24) is 4.31 Å². The van der Waals surface area contributed by atoms with E-state index in [2.05, 4.69) is 5.32 Å². The Hall–Kier alpha value is -2.46. The summed E-state index contributed by atoms with van der Waals surface area (Å²) in [6.07, 6.45) is 0.202. The number of halogens is 1. The molecule has 0 radical (unpaired) electrons. The first-order valence-electron chi connectivity index (χ1n) is 9.71. The van der Waals surface area contributed by atoms with Crippen molar-refractivity contribution in [1.29, 1.82) is 0 Å². The molecule has 8 nitrogen and oxygen atoms in total. The number of hydrogen-bond donors (Lipinski definition) is 1.